The minimum absolute atomic E-state index is 0.0325. The average molecular weight is 550 g/mol. The third kappa shape index (κ3) is 6.01. The number of rotatable bonds is 7. The van der Waals surface area contributed by atoms with Gasteiger partial charge in [-0.2, -0.15) is 8.78 Å². The number of carbonyl (C=O) groups excluding carboxylic acids is 1. The predicted molar refractivity (Wildman–Crippen MR) is 137 cm³/mol. The lowest BCUT2D eigenvalue weighted by Gasteiger charge is -2.18. The van der Waals surface area contributed by atoms with E-state index in [4.69, 9.17) is 23.2 Å². The summed E-state index contributed by atoms with van der Waals surface area (Å²) in [6, 6.07) is 16.4. The molecular weight excluding hydrogens is 535 g/mol. The van der Waals surface area contributed by atoms with Crippen molar-refractivity contribution in [1.29, 1.82) is 0 Å². The number of alkyl halides is 2. The van der Waals surface area contributed by atoms with Gasteiger partial charge < -0.3 is 4.74 Å². The Hall–Kier alpha value is -3.47. The van der Waals surface area contributed by atoms with Crippen LogP contribution in [0.2, 0.25) is 10.0 Å². The number of carbonyl (C=O) groups is 1. The Morgan fingerprint density at radius 1 is 1.08 bits per heavy atom. The average Bonchev–Trinajstić information content (AvgIpc) is 3.14. The van der Waals surface area contributed by atoms with E-state index in [9.17, 15) is 23.7 Å². The summed E-state index contributed by atoms with van der Waals surface area (Å²) >= 11 is 13.4. The van der Waals surface area contributed by atoms with Gasteiger partial charge in [0.25, 0.3) is 11.6 Å². The van der Waals surface area contributed by atoms with Crippen molar-refractivity contribution in [2.75, 3.05) is 4.90 Å². The number of thioether (sulfide) groups is 1. The van der Waals surface area contributed by atoms with Crippen molar-refractivity contribution in [3.05, 3.63) is 104 Å². The van der Waals surface area contributed by atoms with Crippen molar-refractivity contribution in [2.24, 2.45) is 4.99 Å². The van der Waals surface area contributed by atoms with Crippen LogP contribution in [0.1, 0.15) is 11.1 Å². The van der Waals surface area contributed by atoms with E-state index in [1.807, 2.05) is 0 Å². The monoisotopic (exact) mass is 549 g/mol. The van der Waals surface area contributed by atoms with E-state index in [0.29, 0.717) is 32.2 Å². The molecule has 1 amide bonds. The molecule has 4 rings (SSSR count). The molecule has 0 saturated carbocycles. The molecule has 7 nitrogen and oxygen atoms in total. The molecule has 1 aliphatic heterocycles. The number of halogens is 4. The second-order valence-electron chi connectivity index (χ2n) is 7.31. The minimum atomic E-state index is -2.97. The Morgan fingerprint density at radius 3 is 2.39 bits per heavy atom. The highest BCUT2D eigenvalue weighted by atomic mass is 35.5. The quantitative estimate of drug-likeness (QED) is 0.177. The summed E-state index contributed by atoms with van der Waals surface area (Å²) in [6.45, 7) is -2.97. The number of nitrogens with zero attached hydrogens (tertiary/aromatic N) is 3. The van der Waals surface area contributed by atoms with Crippen LogP contribution < -0.4 is 9.64 Å². The van der Waals surface area contributed by atoms with Crippen LogP contribution in [0.25, 0.3) is 6.08 Å². The van der Waals surface area contributed by atoms with Crippen molar-refractivity contribution in [3.63, 3.8) is 0 Å². The van der Waals surface area contributed by atoms with E-state index in [2.05, 4.69) is 9.73 Å². The van der Waals surface area contributed by atoms with Crippen LogP contribution >= 0.6 is 35.0 Å². The number of hydrogen-bond donors (Lipinski definition) is 0. The first kappa shape index (κ1) is 25.6. The van der Waals surface area contributed by atoms with Gasteiger partial charge in [-0.3, -0.25) is 19.8 Å². The Kier molecular flexibility index (Phi) is 7.88. The summed E-state index contributed by atoms with van der Waals surface area (Å²) < 4.78 is 29.4. The van der Waals surface area contributed by atoms with Gasteiger partial charge in [-0.05, 0) is 53.6 Å². The number of anilines is 1. The lowest BCUT2D eigenvalue weighted by Crippen LogP contribution is -2.30. The van der Waals surface area contributed by atoms with Crippen LogP contribution in [0.3, 0.4) is 0 Å². The van der Waals surface area contributed by atoms with Gasteiger partial charge in [0, 0.05) is 27.9 Å². The summed E-state index contributed by atoms with van der Waals surface area (Å²) in [5.41, 5.74) is 1.78. The number of ether oxygens (including phenoxy) is 1. The molecule has 184 valence electrons. The standard InChI is InChI=1S/C24H15Cl2F2N3O4S/c25-16-4-3-15(20(26)12-16)11-21-22(32)30(17-7-9-19(10-8-17)35-23(27)28)24(29-21)36-13-14-1-5-18(6-2-14)31(33)34/h1-12,23H,13H2/b21-11+. The normalized spacial score (nSPS) is 14.5. The maximum atomic E-state index is 13.3. The van der Waals surface area contributed by atoms with E-state index < -0.39 is 17.4 Å². The second kappa shape index (κ2) is 11.1. The van der Waals surface area contributed by atoms with Crippen molar-refractivity contribution < 1.29 is 23.2 Å². The lowest BCUT2D eigenvalue weighted by molar-refractivity contribution is -0.384. The molecule has 0 fully saturated rings. The number of amides is 1. The number of nitro benzene ring substituents is 1. The van der Waals surface area contributed by atoms with Gasteiger partial charge in [-0.25, -0.2) is 4.99 Å². The fraction of sp³-hybridized carbons (Fsp3) is 0.0833. The number of amidine groups is 1. The van der Waals surface area contributed by atoms with Crippen LogP contribution in [-0.4, -0.2) is 22.6 Å². The highest BCUT2D eigenvalue weighted by Crippen LogP contribution is 2.33. The smallest absolute Gasteiger partial charge is 0.387 e. The molecule has 0 unspecified atom stereocenters. The summed E-state index contributed by atoms with van der Waals surface area (Å²) in [5, 5.41) is 12.0. The molecule has 0 N–H and O–H groups in total. The number of aliphatic imine (C=N–C) groups is 1. The van der Waals surface area contributed by atoms with Crippen LogP contribution in [-0.2, 0) is 10.5 Å². The maximum Gasteiger partial charge on any atom is 0.387 e. The highest BCUT2D eigenvalue weighted by Gasteiger charge is 2.32. The van der Waals surface area contributed by atoms with Crippen molar-refractivity contribution in [1.82, 2.24) is 0 Å². The minimum Gasteiger partial charge on any atom is -0.435 e. The molecular formula is C24H15Cl2F2N3O4S. The molecule has 0 bridgehead atoms. The molecule has 3 aromatic rings. The molecule has 1 aliphatic rings. The summed E-state index contributed by atoms with van der Waals surface area (Å²) in [6.07, 6.45) is 1.53. The number of nitro groups is 1. The molecule has 1 heterocycles. The van der Waals surface area contributed by atoms with Gasteiger partial charge in [-0.15, -0.1) is 0 Å². The van der Waals surface area contributed by atoms with Gasteiger partial charge in [0.1, 0.15) is 11.4 Å². The third-order valence-electron chi connectivity index (χ3n) is 4.92. The van der Waals surface area contributed by atoms with Gasteiger partial charge in [0.2, 0.25) is 0 Å². The summed E-state index contributed by atoms with van der Waals surface area (Å²) in [4.78, 5) is 29.6. The Labute approximate surface area is 218 Å². The molecule has 0 aromatic heterocycles. The molecule has 0 aliphatic carbocycles. The molecule has 3 aromatic carbocycles. The van der Waals surface area contributed by atoms with E-state index in [-0.39, 0.29) is 17.1 Å². The lowest BCUT2D eigenvalue weighted by atomic mass is 10.2. The Morgan fingerprint density at radius 2 is 1.78 bits per heavy atom. The zero-order valence-electron chi connectivity index (χ0n) is 18.1. The summed E-state index contributed by atoms with van der Waals surface area (Å²) in [5.74, 6) is -0.141. The number of benzene rings is 3. The van der Waals surface area contributed by atoms with Gasteiger partial charge >= 0.3 is 6.61 Å². The molecule has 0 spiro atoms. The first-order valence-corrected chi connectivity index (χ1v) is 12.0. The van der Waals surface area contributed by atoms with E-state index in [0.717, 1.165) is 5.56 Å². The van der Waals surface area contributed by atoms with Crippen molar-refractivity contribution in [3.8, 4) is 5.75 Å². The first-order valence-electron chi connectivity index (χ1n) is 10.2. The van der Waals surface area contributed by atoms with Crippen molar-refractivity contribution >= 4 is 63.5 Å². The first-order chi connectivity index (χ1) is 17.2. The zero-order chi connectivity index (χ0) is 25.8. The highest BCUT2D eigenvalue weighted by molar-refractivity contribution is 8.13. The van der Waals surface area contributed by atoms with E-state index in [1.54, 1.807) is 30.3 Å². The van der Waals surface area contributed by atoms with Crippen LogP contribution in [0.4, 0.5) is 20.2 Å². The van der Waals surface area contributed by atoms with Crippen LogP contribution in [0.15, 0.2) is 77.4 Å². The Balaban J connectivity index is 1.64. The Bertz CT molecular complexity index is 1370. The largest absolute Gasteiger partial charge is 0.435 e. The molecule has 0 atom stereocenters. The zero-order valence-corrected chi connectivity index (χ0v) is 20.4. The molecule has 12 heteroatoms. The molecule has 36 heavy (non-hydrogen) atoms. The number of non-ortho nitro benzene ring substituents is 1. The SMILES string of the molecule is O=C1/C(=C\c2ccc(Cl)cc2Cl)N=C(SCc2ccc([N+](=O)[O-])cc2)N1c1ccc(OC(F)F)cc1. The molecule has 0 radical (unpaired) electrons. The third-order valence-corrected chi connectivity index (χ3v) is 6.49. The topological polar surface area (TPSA) is 85.0 Å². The number of hydrogen-bond acceptors (Lipinski definition) is 6. The fourth-order valence-electron chi connectivity index (χ4n) is 3.23. The van der Waals surface area contributed by atoms with Gasteiger partial charge in [0.05, 0.1) is 10.6 Å². The summed E-state index contributed by atoms with van der Waals surface area (Å²) in [7, 11) is 0. The van der Waals surface area contributed by atoms with Crippen LogP contribution in [0, 0.1) is 10.1 Å². The van der Waals surface area contributed by atoms with Gasteiger partial charge in [-0.1, -0.05) is 53.2 Å². The van der Waals surface area contributed by atoms with E-state index >= 15 is 0 Å². The molecule has 0 saturated heterocycles. The predicted octanol–water partition coefficient (Wildman–Crippen LogP) is 7.18. The second-order valence-corrected chi connectivity index (χ2v) is 9.10. The maximum absolute atomic E-state index is 13.3. The fourth-order valence-corrected chi connectivity index (χ4v) is 4.66. The van der Waals surface area contributed by atoms with Gasteiger partial charge in [0.15, 0.2) is 5.17 Å². The van der Waals surface area contributed by atoms with Crippen molar-refractivity contribution in [2.45, 2.75) is 12.4 Å². The van der Waals surface area contributed by atoms with Crippen LogP contribution in [0.5, 0.6) is 5.75 Å². The van der Waals surface area contributed by atoms with E-state index in [1.165, 1.54) is 59.1 Å².